The second-order valence-corrected chi connectivity index (χ2v) is 3.94. The van der Waals surface area contributed by atoms with Gasteiger partial charge in [0.25, 0.3) is 0 Å². The van der Waals surface area contributed by atoms with Gasteiger partial charge in [-0.2, -0.15) is 0 Å². The number of hydrogen-bond donors (Lipinski definition) is 3. The minimum Gasteiger partial charge on any atom is -0.481 e. The van der Waals surface area contributed by atoms with Crippen molar-refractivity contribution in [2.45, 2.75) is 18.9 Å². The van der Waals surface area contributed by atoms with Gasteiger partial charge in [0.05, 0.1) is 6.42 Å². The van der Waals surface area contributed by atoms with Gasteiger partial charge in [0, 0.05) is 23.7 Å². The molecule has 0 aliphatic rings. The van der Waals surface area contributed by atoms with Gasteiger partial charge in [-0.3, -0.25) is 4.79 Å². The fourth-order valence-corrected chi connectivity index (χ4v) is 1.82. The van der Waals surface area contributed by atoms with Crippen molar-refractivity contribution in [3.05, 3.63) is 36.0 Å². The second-order valence-electron chi connectivity index (χ2n) is 3.94. The van der Waals surface area contributed by atoms with Crippen molar-refractivity contribution in [2.24, 2.45) is 5.73 Å². The van der Waals surface area contributed by atoms with Crippen LogP contribution in [0.5, 0.6) is 0 Å². The number of fused-ring (bicyclic) bond motifs is 1. The van der Waals surface area contributed by atoms with E-state index in [2.05, 4.69) is 4.98 Å². The first-order chi connectivity index (χ1) is 7.65. The molecule has 0 unspecified atom stereocenters. The van der Waals surface area contributed by atoms with Crippen LogP contribution in [0.15, 0.2) is 30.3 Å². The van der Waals surface area contributed by atoms with E-state index in [0.29, 0.717) is 6.42 Å². The summed E-state index contributed by atoms with van der Waals surface area (Å²) in [7, 11) is 0. The molecule has 0 aliphatic heterocycles. The van der Waals surface area contributed by atoms with Gasteiger partial charge in [-0.05, 0) is 17.5 Å². The molecule has 1 aromatic heterocycles. The lowest BCUT2D eigenvalue weighted by molar-refractivity contribution is -0.137. The SMILES string of the molecule is Cl.N[C@@H](CC(=O)O)Cc1cc2ccccc2[nH]1. The van der Waals surface area contributed by atoms with Gasteiger partial charge in [-0.15, -0.1) is 12.4 Å². The first kappa shape index (κ1) is 13.5. The zero-order valence-electron chi connectivity index (χ0n) is 9.22. The quantitative estimate of drug-likeness (QED) is 0.780. The molecule has 5 heteroatoms. The van der Waals surface area contributed by atoms with Crippen molar-refractivity contribution < 1.29 is 9.90 Å². The third-order valence-corrected chi connectivity index (χ3v) is 2.50. The number of H-pyrrole nitrogens is 1. The Kier molecular flexibility index (Phi) is 4.54. The number of halogens is 1. The van der Waals surface area contributed by atoms with Crippen LogP contribution >= 0.6 is 12.4 Å². The summed E-state index contributed by atoms with van der Waals surface area (Å²) < 4.78 is 0. The number of nitrogens with one attached hydrogen (secondary N) is 1. The smallest absolute Gasteiger partial charge is 0.304 e. The Morgan fingerprint density at radius 2 is 2.12 bits per heavy atom. The molecule has 2 aromatic rings. The predicted molar refractivity (Wildman–Crippen MR) is 69.5 cm³/mol. The summed E-state index contributed by atoms with van der Waals surface area (Å²) in [4.78, 5) is 13.7. The Balaban J connectivity index is 0.00000144. The largest absolute Gasteiger partial charge is 0.481 e. The normalized spacial score (nSPS) is 12.1. The van der Waals surface area contributed by atoms with Crippen LogP contribution in [0, 0.1) is 0 Å². The molecule has 17 heavy (non-hydrogen) atoms. The summed E-state index contributed by atoms with van der Waals surface area (Å²) in [6.07, 6.45) is 0.552. The molecule has 0 fully saturated rings. The fourth-order valence-electron chi connectivity index (χ4n) is 1.82. The van der Waals surface area contributed by atoms with E-state index in [0.717, 1.165) is 16.6 Å². The maximum atomic E-state index is 10.5. The van der Waals surface area contributed by atoms with Crippen LogP contribution in [0.1, 0.15) is 12.1 Å². The van der Waals surface area contributed by atoms with Gasteiger partial charge in [0.2, 0.25) is 0 Å². The Hall–Kier alpha value is -1.52. The number of aromatic amines is 1. The topological polar surface area (TPSA) is 79.1 Å². The van der Waals surface area contributed by atoms with Gasteiger partial charge in [0.1, 0.15) is 0 Å². The molecule has 0 bridgehead atoms. The Morgan fingerprint density at radius 1 is 1.41 bits per heavy atom. The zero-order chi connectivity index (χ0) is 11.5. The van der Waals surface area contributed by atoms with Crippen LogP contribution in [0.4, 0.5) is 0 Å². The standard InChI is InChI=1S/C12H14N2O2.ClH/c13-9(7-12(15)16)6-10-5-8-3-1-2-4-11(8)14-10;/h1-5,9,14H,6-7,13H2,(H,15,16);1H/t9-;/m1./s1. The number of carboxylic acid groups (broad SMARTS) is 1. The molecule has 0 radical (unpaired) electrons. The number of aliphatic carboxylic acids is 1. The molecular formula is C12H15ClN2O2. The molecule has 4 nitrogen and oxygen atoms in total. The van der Waals surface area contributed by atoms with Crippen molar-refractivity contribution in [1.29, 1.82) is 0 Å². The monoisotopic (exact) mass is 254 g/mol. The van der Waals surface area contributed by atoms with E-state index in [1.54, 1.807) is 0 Å². The average Bonchev–Trinajstić information content (AvgIpc) is 2.57. The van der Waals surface area contributed by atoms with E-state index in [1.165, 1.54) is 0 Å². The highest BCUT2D eigenvalue weighted by Gasteiger charge is 2.10. The molecular weight excluding hydrogens is 240 g/mol. The lowest BCUT2D eigenvalue weighted by atomic mass is 10.1. The number of rotatable bonds is 4. The van der Waals surface area contributed by atoms with Crippen LogP contribution in [0.3, 0.4) is 0 Å². The number of benzene rings is 1. The Labute approximate surface area is 105 Å². The molecule has 0 aliphatic carbocycles. The van der Waals surface area contributed by atoms with E-state index in [9.17, 15) is 4.79 Å². The number of aromatic nitrogens is 1. The average molecular weight is 255 g/mol. The number of carboxylic acids is 1. The van der Waals surface area contributed by atoms with Crippen molar-refractivity contribution in [3.8, 4) is 0 Å². The molecule has 0 spiro atoms. The summed E-state index contributed by atoms with van der Waals surface area (Å²) in [6.45, 7) is 0. The molecule has 2 rings (SSSR count). The number of nitrogens with two attached hydrogens (primary N) is 1. The van der Waals surface area contributed by atoms with E-state index in [1.807, 2.05) is 30.3 Å². The van der Waals surface area contributed by atoms with Crippen molar-refractivity contribution in [1.82, 2.24) is 4.98 Å². The molecule has 0 saturated carbocycles. The molecule has 92 valence electrons. The third kappa shape index (κ3) is 3.47. The van der Waals surface area contributed by atoms with E-state index in [4.69, 9.17) is 10.8 Å². The first-order valence-corrected chi connectivity index (χ1v) is 5.19. The maximum Gasteiger partial charge on any atom is 0.304 e. The summed E-state index contributed by atoms with van der Waals surface area (Å²) >= 11 is 0. The number of hydrogen-bond acceptors (Lipinski definition) is 2. The minimum atomic E-state index is -0.858. The maximum absolute atomic E-state index is 10.5. The van der Waals surface area contributed by atoms with E-state index < -0.39 is 5.97 Å². The summed E-state index contributed by atoms with van der Waals surface area (Å²) in [5.41, 5.74) is 7.76. The molecule has 1 aromatic carbocycles. The molecule has 0 amide bonds. The Bertz CT molecular complexity index is 477. The summed E-state index contributed by atoms with van der Waals surface area (Å²) in [5.74, 6) is -0.858. The van der Waals surface area contributed by atoms with Crippen molar-refractivity contribution >= 4 is 29.3 Å². The highest BCUT2D eigenvalue weighted by molar-refractivity contribution is 5.85. The molecule has 1 heterocycles. The molecule has 0 saturated heterocycles. The van der Waals surface area contributed by atoms with E-state index >= 15 is 0 Å². The lowest BCUT2D eigenvalue weighted by Gasteiger charge is -2.06. The van der Waals surface area contributed by atoms with Crippen LogP contribution in [-0.2, 0) is 11.2 Å². The van der Waals surface area contributed by atoms with Crippen LogP contribution in [0.2, 0.25) is 0 Å². The third-order valence-electron chi connectivity index (χ3n) is 2.50. The van der Waals surface area contributed by atoms with Gasteiger partial charge in [0.15, 0.2) is 0 Å². The van der Waals surface area contributed by atoms with Crippen LogP contribution < -0.4 is 5.73 Å². The minimum absolute atomic E-state index is 0. The molecule has 1 atom stereocenters. The predicted octanol–water partition coefficient (Wildman–Crippen LogP) is 1.93. The molecule has 4 N–H and O–H groups in total. The Morgan fingerprint density at radius 3 is 2.76 bits per heavy atom. The number of para-hydroxylation sites is 1. The summed E-state index contributed by atoms with van der Waals surface area (Å²) in [6, 6.07) is 9.60. The van der Waals surface area contributed by atoms with Crippen LogP contribution in [0.25, 0.3) is 10.9 Å². The van der Waals surface area contributed by atoms with Gasteiger partial charge < -0.3 is 15.8 Å². The van der Waals surface area contributed by atoms with Crippen molar-refractivity contribution in [3.63, 3.8) is 0 Å². The van der Waals surface area contributed by atoms with E-state index in [-0.39, 0.29) is 24.9 Å². The number of carbonyl (C=O) groups is 1. The summed E-state index contributed by atoms with van der Waals surface area (Å²) in [5, 5.41) is 9.74. The van der Waals surface area contributed by atoms with Crippen molar-refractivity contribution in [2.75, 3.05) is 0 Å². The first-order valence-electron chi connectivity index (χ1n) is 5.19. The fraction of sp³-hybridized carbons (Fsp3) is 0.250. The highest BCUT2D eigenvalue weighted by Crippen LogP contribution is 2.15. The zero-order valence-corrected chi connectivity index (χ0v) is 10.0. The van der Waals surface area contributed by atoms with Gasteiger partial charge in [-0.1, -0.05) is 18.2 Å². The highest BCUT2D eigenvalue weighted by atomic mass is 35.5. The lowest BCUT2D eigenvalue weighted by Crippen LogP contribution is -2.26. The van der Waals surface area contributed by atoms with Crippen LogP contribution in [-0.4, -0.2) is 22.1 Å². The van der Waals surface area contributed by atoms with Gasteiger partial charge >= 0.3 is 5.97 Å². The van der Waals surface area contributed by atoms with Gasteiger partial charge in [-0.25, -0.2) is 0 Å². The second kappa shape index (κ2) is 5.70.